The predicted octanol–water partition coefficient (Wildman–Crippen LogP) is -5.69. The van der Waals surface area contributed by atoms with E-state index < -0.39 is 63.9 Å². The number of carboxylic acid groups (broad SMARTS) is 1. The monoisotopic (exact) mass is 499 g/mol. The summed E-state index contributed by atoms with van der Waals surface area (Å²) in [5, 5.41) is 27.9. The smallest absolute Gasteiger partial charge is 0.548 e. The Morgan fingerprint density at radius 1 is 1.20 bits per heavy atom. The molecule has 4 amide bonds. The van der Waals surface area contributed by atoms with E-state index in [1.165, 1.54) is 48.0 Å². The third kappa shape index (κ3) is 5.75. The molecule has 2 aliphatic rings. The van der Waals surface area contributed by atoms with Crippen molar-refractivity contribution in [2.45, 2.75) is 54.6 Å². The van der Waals surface area contributed by atoms with Gasteiger partial charge in [0.1, 0.15) is 23.2 Å². The zero-order valence-corrected chi connectivity index (χ0v) is 20.5. The number of hydrogen-bond donors (Lipinski definition) is 5. The number of carbonyl (C=O) groups is 5. The van der Waals surface area contributed by atoms with E-state index in [9.17, 15) is 34.2 Å². The molecule has 2 aliphatic heterocycles. The number of phenols is 1. The first-order valence-electron chi connectivity index (χ1n) is 10.4. The summed E-state index contributed by atoms with van der Waals surface area (Å²) < 4.78 is -0.824. The number of aromatic hydroxyl groups is 1. The number of carbonyl (C=O) groups excluding carboxylic acids is 5. The minimum absolute atomic E-state index is 0. The van der Waals surface area contributed by atoms with Crippen molar-refractivity contribution in [1.82, 2.24) is 20.9 Å². The van der Waals surface area contributed by atoms with Gasteiger partial charge in [0.2, 0.25) is 23.6 Å². The summed E-state index contributed by atoms with van der Waals surface area (Å²) in [6, 6.07) is 0.808. The summed E-state index contributed by atoms with van der Waals surface area (Å²) in [6.07, 6.45) is -0.305. The van der Waals surface area contributed by atoms with Crippen LogP contribution in [-0.4, -0.2) is 74.9 Å². The molecule has 2 heterocycles. The van der Waals surface area contributed by atoms with E-state index in [4.69, 9.17) is 5.73 Å². The molecule has 184 valence electrons. The van der Waals surface area contributed by atoms with E-state index in [1.807, 2.05) is 0 Å². The van der Waals surface area contributed by atoms with Gasteiger partial charge in [0.05, 0.1) is 24.5 Å². The van der Waals surface area contributed by atoms with Crippen LogP contribution >= 0.6 is 11.8 Å². The van der Waals surface area contributed by atoms with Gasteiger partial charge in [0.25, 0.3) is 0 Å². The Kier molecular flexibility index (Phi) is 8.88. The van der Waals surface area contributed by atoms with Crippen LogP contribution in [0.3, 0.4) is 0 Å². The summed E-state index contributed by atoms with van der Waals surface area (Å²) in [7, 11) is 1.39. The van der Waals surface area contributed by atoms with Gasteiger partial charge in [-0.3, -0.25) is 19.2 Å². The van der Waals surface area contributed by atoms with Crippen LogP contribution in [0.25, 0.3) is 0 Å². The van der Waals surface area contributed by atoms with Gasteiger partial charge >= 0.3 is 18.9 Å². The number of nitrogens with two attached hydrogens (primary N) is 1. The van der Waals surface area contributed by atoms with Crippen molar-refractivity contribution in [3.8, 4) is 5.75 Å². The molecule has 0 unspecified atom stereocenters. The van der Waals surface area contributed by atoms with E-state index in [0.29, 0.717) is 5.56 Å². The van der Waals surface area contributed by atoms with Crippen LogP contribution in [0.4, 0.5) is 0 Å². The number of aliphatic carboxylic acids is 1. The maximum atomic E-state index is 13.2. The van der Waals surface area contributed by atoms with E-state index in [2.05, 4.69) is 16.0 Å². The Bertz CT molecular complexity index is 1020. The third-order valence-electron chi connectivity index (χ3n) is 5.76. The minimum Gasteiger partial charge on any atom is -0.548 e. The number of nitrogens with one attached hydrogen (secondary N) is 3. The van der Waals surface area contributed by atoms with Gasteiger partial charge < -0.3 is 41.6 Å². The number of fused-ring (bicyclic) bond motifs is 1. The first-order chi connectivity index (χ1) is 15.9. The molecule has 6 N–H and O–H groups in total. The maximum absolute atomic E-state index is 13.2. The van der Waals surface area contributed by atoms with Crippen molar-refractivity contribution in [1.29, 1.82) is 0 Å². The normalized spacial score (nSPS) is 23.6. The van der Waals surface area contributed by atoms with Crippen molar-refractivity contribution in [2.75, 3.05) is 7.05 Å². The predicted molar refractivity (Wildman–Crippen MR) is 119 cm³/mol. The molecular formula is C21H26LiN5O7S. The first kappa shape index (κ1) is 28.5. The Morgan fingerprint density at radius 2 is 1.80 bits per heavy atom. The SMILES string of the molecule is CNC(=O)C[C@@H](N)C(=O)N[C@@H](C(=O)N[C@@H]1C(=O)N2[C@@H]1SC(C)(C)[C@@H]2C(=O)[O-])c1ccc(O)cc1.[Li+]. The molecule has 3 rings (SSSR count). The number of β-lactam (4-membered cyclic amide) rings is 1. The molecule has 12 nitrogen and oxygen atoms in total. The molecule has 0 spiro atoms. The second-order valence-electron chi connectivity index (χ2n) is 8.58. The molecule has 1 aromatic rings. The fourth-order valence-electron chi connectivity index (χ4n) is 3.97. The topological polar surface area (TPSA) is 194 Å². The van der Waals surface area contributed by atoms with E-state index >= 15 is 0 Å². The Labute approximate surface area is 217 Å². The Hall–Kier alpha value is -2.72. The quantitative estimate of drug-likeness (QED) is 0.171. The molecule has 0 aromatic heterocycles. The summed E-state index contributed by atoms with van der Waals surface area (Å²) in [6.45, 7) is 3.35. The van der Waals surface area contributed by atoms with Crippen LogP contribution in [-0.2, 0) is 24.0 Å². The number of carboxylic acids is 1. The van der Waals surface area contributed by atoms with E-state index in [0.717, 1.165) is 0 Å². The van der Waals surface area contributed by atoms with Crippen molar-refractivity contribution in [3.05, 3.63) is 29.8 Å². The standard InChI is InChI=1S/C21H27N5O7S.Li/c1-21(2)15(20(32)33)26-18(31)14(19(26)34-21)25-17(30)13(9-4-6-10(27)7-5-9)24-16(29)11(22)8-12(28)23-3;/h4-7,11,13-15,19,27H,8,22H2,1-3H3,(H,23,28)(H,24,29)(H,25,30)(H,32,33);/q;+1/p-1/t11-,13-,14-,15+,19-;/m1./s1. The first-order valence-corrected chi connectivity index (χ1v) is 11.3. The maximum Gasteiger partial charge on any atom is 1.00 e. The molecule has 2 fully saturated rings. The van der Waals surface area contributed by atoms with Crippen LogP contribution in [0.1, 0.15) is 31.9 Å². The average Bonchev–Trinajstić information content (AvgIpc) is 3.03. The molecular weight excluding hydrogens is 473 g/mol. The van der Waals surface area contributed by atoms with Crippen molar-refractivity contribution < 1.29 is 53.0 Å². The Morgan fingerprint density at radius 3 is 2.34 bits per heavy atom. The minimum atomic E-state index is -1.38. The molecule has 1 aromatic carbocycles. The van der Waals surface area contributed by atoms with Crippen LogP contribution in [0, 0.1) is 0 Å². The number of amides is 4. The molecule has 0 saturated carbocycles. The van der Waals surface area contributed by atoms with Crippen LogP contribution in [0.2, 0.25) is 0 Å². The number of hydrogen-bond acceptors (Lipinski definition) is 9. The number of thioether (sulfide) groups is 1. The number of benzene rings is 1. The zero-order chi connectivity index (χ0) is 25.4. The molecule has 0 aliphatic carbocycles. The number of phenolic OH excluding ortho intramolecular Hbond substituents is 1. The summed E-state index contributed by atoms with van der Waals surface area (Å²) in [4.78, 5) is 62.7. The average molecular weight is 499 g/mol. The van der Waals surface area contributed by atoms with Crippen molar-refractivity contribution in [2.24, 2.45) is 5.73 Å². The van der Waals surface area contributed by atoms with Gasteiger partial charge in [-0.25, -0.2) is 0 Å². The fourth-order valence-corrected chi connectivity index (χ4v) is 5.59. The molecule has 0 radical (unpaired) electrons. The molecule has 35 heavy (non-hydrogen) atoms. The number of nitrogens with zero attached hydrogens (tertiary/aromatic N) is 1. The van der Waals surface area contributed by atoms with Gasteiger partial charge in [-0.2, -0.15) is 0 Å². The third-order valence-corrected chi connectivity index (χ3v) is 7.33. The summed E-state index contributed by atoms with van der Waals surface area (Å²) >= 11 is 1.23. The van der Waals surface area contributed by atoms with E-state index in [1.54, 1.807) is 13.8 Å². The van der Waals surface area contributed by atoms with Gasteiger partial charge in [0, 0.05) is 11.8 Å². The van der Waals surface area contributed by atoms with Crippen LogP contribution in [0.15, 0.2) is 24.3 Å². The van der Waals surface area contributed by atoms with Gasteiger partial charge in [0.15, 0.2) is 0 Å². The zero-order valence-electron chi connectivity index (χ0n) is 19.7. The van der Waals surface area contributed by atoms with Crippen molar-refractivity contribution in [3.63, 3.8) is 0 Å². The molecule has 2 saturated heterocycles. The number of rotatable bonds is 8. The molecule has 14 heteroatoms. The second kappa shape index (κ2) is 10.9. The van der Waals surface area contributed by atoms with Crippen molar-refractivity contribution >= 4 is 41.4 Å². The molecule has 5 atom stereocenters. The summed E-state index contributed by atoms with van der Waals surface area (Å²) in [5.41, 5.74) is 6.08. The largest absolute Gasteiger partial charge is 1.00 e. The molecule has 0 bridgehead atoms. The summed E-state index contributed by atoms with van der Waals surface area (Å²) in [5.74, 6) is -3.98. The van der Waals surface area contributed by atoms with Crippen LogP contribution in [0.5, 0.6) is 5.75 Å². The van der Waals surface area contributed by atoms with Gasteiger partial charge in [-0.15, -0.1) is 11.8 Å². The van der Waals surface area contributed by atoms with Gasteiger partial charge in [-0.05, 0) is 31.5 Å². The Balaban J connectivity index is 0.00000432. The van der Waals surface area contributed by atoms with Gasteiger partial charge in [-0.1, -0.05) is 12.1 Å². The fraction of sp³-hybridized carbons (Fsp3) is 0.476. The second-order valence-corrected chi connectivity index (χ2v) is 10.4. The van der Waals surface area contributed by atoms with E-state index in [-0.39, 0.29) is 31.0 Å². The van der Waals surface area contributed by atoms with Crippen LogP contribution < -0.4 is 45.7 Å².